The normalized spacial score (nSPS) is 9.96. The molecule has 0 fully saturated rings. The predicted octanol–water partition coefficient (Wildman–Crippen LogP) is 4.54. The molecule has 0 radical (unpaired) electrons. The smallest absolute Gasteiger partial charge is 0.0370 e. The predicted molar refractivity (Wildman–Crippen MR) is 114 cm³/mol. The van der Waals surface area contributed by atoms with Crippen LogP contribution in [0.1, 0.15) is 33.3 Å². The van der Waals surface area contributed by atoms with Crippen LogP contribution >= 0.6 is 0 Å². The van der Waals surface area contributed by atoms with E-state index in [2.05, 4.69) is 61.8 Å². The van der Waals surface area contributed by atoms with Gasteiger partial charge in [-0.25, -0.2) is 0 Å². The molecular weight excluding hydrogens is 308 g/mol. The fraction of sp³-hybridized carbons (Fsp3) is 0.429. The molecular formula is C21H34N4. The maximum Gasteiger partial charge on any atom is 0.0370 e. The molecule has 0 heterocycles. The van der Waals surface area contributed by atoms with E-state index in [-0.39, 0.29) is 0 Å². The Balaban J connectivity index is 0.000000251. The van der Waals surface area contributed by atoms with Crippen molar-refractivity contribution in [3.8, 4) is 0 Å². The molecule has 0 amide bonds. The number of nitrogen functional groups attached to an aromatic ring is 2. The summed E-state index contributed by atoms with van der Waals surface area (Å²) >= 11 is 0. The summed E-state index contributed by atoms with van der Waals surface area (Å²) < 4.78 is 0. The van der Waals surface area contributed by atoms with Crippen molar-refractivity contribution >= 4 is 22.7 Å². The van der Waals surface area contributed by atoms with E-state index in [1.165, 1.54) is 11.4 Å². The zero-order valence-electron chi connectivity index (χ0n) is 16.4. The van der Waals surface area contributed by atoms with E-state index < -0.39 is 0 Å². The van der Waals surface area contributed by atoms with Crippen LogP contribution in [0.15, 0.2) is 42.5 Å². The van der Waals surface area contributed by atoms with Crippen molar-refractivity contribution in [2.24, 2.45) is 0 Å². The zero-order valence-corrected chi connectivity index (χ0v) is 16.4. The van der Waals surface area contributed by atoms with Gasteiger partial charge in [0.2, 0.25) is 0 Å². The number of aryl methyl sites for hydroxylation is 1. The van der Waals surface area contributed by atoms with Crippen molar-refractivity contribution < 1.29 is 0 Å². The van der Waals surface area contributed by atoms with Gasteiger partial charge in [-0.15, -0.1) is 0 Å². The van der Waals surface area contributed by atoms with E-state index in [0.29, 0.717) is 0 Å². The Kier molecular flexibility index (Phi) is 8.68. The first-order chi connectivity index (χ1) is 12.0. The number of nitrogens with two attached hydrogens (primary N) is 2. The fourth-order valence-electron chi connectivity index (χ4n) is 2.72. The lowest BCUT2D eigenvalue weighted by atomic mass is 10.1. The summed E-state index contributed by atoms with van der Waals surface area (Å²) in [5, 5.41) is 0. The molecule has 0 atom stereocenters. The average molecular weight is 343 g/mol. The highest BCUT2D eigenvalue weighted by Crippen LogP contribution is 2.20. The highest BCUT2D eigenvalue weighted by atomic mass is 15.1. The van der Waals surface area contributed by atoms with E-state index in [9.17, 15) is 0 Å². The third-order valence-electron chi connectivity index (χ3n) is 4.40. The quantitative estimate of drug-likeness (QED) is 0.757. The Labute approximate surface area is 153 Å². The molecule has 0 spiro atoms. The van der Waals surface area contributed by atoms with Crippen LogP contribution in [0.25, 0.3) is 0 Å². The van der Waals surface area contributed by atoms with Crippen LogP contribution in [0.2, 0.25) is 0 Å². The Bertz CT molecular complexity index is 614. The van der Waals surface area contributed by atoms with Gasteiger partial charge in [0.15, 0.2) is 0 Å². The highest BCUT2D eigenvalue weighted by Gasteiger charge is 2.02. The Morgan fingerprint density at radius 3 is 1.56 bits per heavy atom. The maximum absolute atomic E-state index is 5.75. The standard InChI is InChI=1S/C11H18N2.C10H16N2/c1-4-13(5-2)10-6-7-11(12)9(3)8-10;1-3-12(4-2)10-7-5-9(11)6-8-10/h6-8H,4-5,12H2,1-3H3;5-8H,3-4,11H2,1-2H3. The number of hydrogen-bond acceptors (Lipinski definition) is 4. The molecule has 4 N–H and O–H groups in total. The van der Waals surface area contributed by atoms with Crippen molar-refractivity contribution in [3.63, 3.8) is 0 Å². The van der Waals surface area contributed by atoms with Crippen LogP contribution in [0.5, 0.6) is 0 Å². The summed E-state index contributed by atoms with van der Waals surface area (Å²) in [4.78, 5) is 4.60. The topological polar surface area (TPSA) is 58.5 Å². The summed E-state index contributed by atoms with van der Waals surface area (Å²) in [6, 6.07) is 14.2. The molecule has 2 aromatic carbocycles. The SMILES string of the molecule is CCN(CC)c1ccc(N)c(C)c1.CCN(CC)c1ccc(N)cc1. The number of nitrogens with zero attached hydrogens (tertiary/aromatic N) is 2. The lowest BCUT2D eigenvalue weighted by Gasteiger charge is -2.21. The van der Waals surface area contributed by atoms with E-state index in [1.54, 1.807) is 0 Å². The minimum Gasteiger partial charge on any atom is -0.399 e. The Morgan fingerprint density at radius 2 is 1.12 bits per heavy atom. The summed E-state index contributed by atoms with van der Waals surface area (Å²) in [6.07, 6.45) is 0. The van der Waals surface area contributed by atoms with Crippen LogP contribution in [-0.2, 0) is 0 Å². The second kappa shape index (κ2) is 10.5. The van der Waals surface area contributed by atoms with Gasteiger partial charge in [-0.3, -0.25) is 0 Å². The van der Waals surface area contributed by atoms with Crippen LogP contribution in [0.4, 0.5) is 22.7 Å². The third-order valence-corrected chi connectivity index (χ3v) is 4.40. The van der Waals surface area contributed by atoms with Crippen molar-refractivity contribution in [2.45, 2.75) is 34.6 Å². The first kappa shape index (κ1) is 20.7. The fourth-order valence-corrected chi connectivity index (χ4v) is 2.72. The third kappa shape index (κ3) is 6.22. The van der Waals surface area contributed by atoms with E-state index in [4.69, 9.17) is 11.5 Å². The molecule has 0 saturated carbocycles. The summed E-state index contributed by atoms with van der Waals surface area (Å²) in [5.41, 5.74) is 16.7. The second-order valence-corrected chi connectivity index (χ2v) is 5.98. The molecule has 0 aromatic heterocycles. The minimum absolute atomic E-state index is 0.825. The first-order valence-corrected chi connectivity index (χ1v) is 9.18. The van der Waals surface area contributed by atoms with Crippen molar-refractivity contribution in [1.82, 2.24) is 0 Å². The molecule has 0 bridgehead atoms. The van der Waals surface area contributed by atoms with Crippen LogP contribution in [0, 0.1) is 6.92 Å². The number of benzene rings is 2. The van der Waals surface area contributed by atoms with Gasteiger partial charge in [-0.1, -0.05) is 0 Å². The molecule has 25 heavy (non-hydrogen) atoms. The van der Waals surface area contributed by atoms with Gasteiger partial charge in [0.05, 0.1) is 0 Å². The molecule has 4 nitrogen and oxygen atoms in total. The van der Waals surface area contributed by atoms with Crippen LogP contribution < -0.4 is 21.3 Å². The van der Waals surface area contributed by atoms with Gasteiger partial charge < -0.3 is 21.3 Å². The zero-order chi connectivity index (χ0) is 18.8. The Hall–Kier alpha value is -2.36. The van der Waals surface area contributed by atoms with Gasteiger partial charge in [0.25, 0.3) is 0 Å². The van der Waals surface area contributed by atoms with E-state index in [1.807, 2.05) is 25.1 Å². The lowest BCUT2D eigenvalue weighted by molar-refractivity contribution is 0.866. The van der Waals surface area contributed by atoms with Crippen molar-refractivity contribution in [2.75, 3.05) is 47.4 Å². The number of hydrogen-bond donors (Lipinski definition) is 2. The number of anilines is 4. The van der Waals surface area contributed by atoms with Crippen molar-refractivity contribution in [1.29, 1.82) is 0 Å². The molecule has 0 saturated heterocycles. The molecule has 4 heteroatoms. The van der Waals surface area contributed by atoms with Gasteiger partial charge in [-0.2, -0.15) is 0 Å². The van der Waals surface area contributed by atoms with Gasteiger partial charge in [-0.05, 0) is 82.6 Å². The Morgan fingerprint density at radius 1 is 0.680 bits per heavy atom. The summed E-state index contributed by atoms with van der Waals surface area (Å²) in [6.45, 7) is 14.8. The van der Waals surface area contributed by atoms with Gasteiger partial charge in [0, 0.05) is 48.9 Å². The van der Waals surface area contributed by atoms with Gasteiger partial charge in [0.1, 0.15) is 0 Å². The monoisotopic (exact) mass is 342 g/mol. The molecule has 0 unspecified atom stereocenters. The second-order valence-electron chi connectivity index (χ2n) is 5.98. The molecule has 138 valence electrons. The summed E-state index contributed by atoms with van der Waals surface area (Å²) in [7, 11) is 0. The van der Waals surface area contributed by atoms with Crippen molar-refractivity contribution in [3.05, 3.63) is 48.0 Å². The molecule has 2 rings (SSSR count). The molecule has 0 aliphatic rings. The first-order valence-electron chi connectivity index (χ1n) is 9.18. The molecule has 2 aromatic rings. The summed E-state index contributed by atoms with van der Waals surface area (Å²) in [5.74, 6) is 0. The lowest BCUT2D eigenvalue weighted by Crippen LogP contribution is -2.21. The van der Waals surface area contributed by atoms with Crippen LogP contribution in [0.3, 0.4) is 0 Å². The molecule has 0 aliphatic carbocycles. The number of rotatable bonds is 6. The largest absolute Gasteiger partial charge is 0.399 e. The van der Waals surface area contributed by atoms with E-state index in [0.717, 1.165) is 43.1 Å². The van der Waals surface area contributed by atoms with E-state index >= 15 is 0 Å². The average Bonchev–Trinajstić information content (AvgIpc) is 2.62. The van der Waals surface area contributed by atoms with Crippen LogP contribution in [-0.4, -0.2) is 26.2 Å². The molecule has 0 aliphatic heterocycles. The minimum atomic E-state index is 0.825. The van der Waals surface area contributed by atoms with Gasteiger partial charge >= 0.3 is 0 Å². The highest BCUT2D eigenvalue weighted by molar-refractivity contribution is 5.58. The maximum atomic E-state index is 5.75.